The van der Waals surface area contributed by atoms with Crippen molar-refractivity contribution in [3.63, 3.8) is 0 Å². The molecule has 0 saturated heterocycles. The summed E-state index contributed by atoms with van der Waals surface area (Å²) in [6, 6.07) is 0. The molecule has 0 atom stereocenters. The smallest absolute Gasteiger partial charge is 0.361 e. The molecule has 2 aromatic rings. The molecule has 0 radical (unpaired) electrons. The highest BCUT2D eigenvalue weighted by Gasteiger charge is 2.19. The van der Waals surface area contributed by atoms with Crippen LogP contribution in [0.15, 0.2) is 17.3 Å². The van der Waals surface area contributed by atoms with Crippen LogP contribution in [0.5, 0.6) is 5.75 Å². The zero-order valence-corrected chi connectivity index (χ0v) is 10.9. The van der Waals surface area contributed by atoms with Crippen LogP contribution in [-0.4, -0.2) is 39.4 Å². The zero-order chi connectivity index (χ0) is 14.7. The van der Waals surface area contributed by atoms with Gasteiger partial charge in [-0.25, -0.2) is 14.5 Å². The van der Waals surface area contributed by atoms with Crippen molar-refractivity contribution >= 4 is 11.7 Å². The van der Waals surface area contributed by atoms with E-state index in [9.17, 15) is 9.59 Å². The molecule has 0 unspecified atom stereocenters. The van der Waals surface area contributed by atoms with Gasteiger partial charge < -0.3 is 20.2 Å². The number of methoxy groups -OCH3 is 1. The lowest BCUT2D eigenvalue weighted by Gasteiger charge is -2.04. The van der Waals surface area contributed by atoms with Crippen LogP contribution in [0.25, 0.3) is 5.82 Å². The van der Waals surface area contributed by atoms with E-state index in [0.29, 0.717) is 0 Å². The minimum absolute atomic E-state index is 0.0367. The van der Waals surface area contributed by atoms with Gasteiger partial charge in [-0.05, 0) is 6.92 Å². The fraction of sp³-hybridized carbons (Fsp3) is 0.273. The number of anilines is 1. The third-order valence-electron chi connectivity index (χ3n) is 2.42. The van der Waals surface area contributed by atoms with E-state index < -0.39 is 11.5 Å². The number of nitrogen functional groups attached to an aromatic ring is 1. The molecule has 0 aliphatic rings. The number of hydrogen-bond acceptors (Lipinski definition) is 7. The lowest BCUT2D eigenvalue weighted by Crippen LogP contribution is -2.15. The number of ether oxygens (including phenoxy) is 2. The number of aromatic nitrogens is 4. The maximum Gasteiger partial charge on any atom is 0.361 e. The summed E-state index contributed by atoms with van der Waals surface area (Å²) in [5.41, 5.74) is 5.31. The summed E-state index contributed by atoms with van der Waals surface area (Å²) >= 11 is 0. The number of aromatic amines is 1. The maximum absolute atomic E-state index is 11.6. The molecule has 0 amide bonds. The third kappa shape index (κ3) is 2.32. The Morgan fingerprint density at radius 3 is 2.95 bits per heavy atom. The van der Waals surface area contributed by atoms with E-state index >= 15 is 0 Å². The Labute approximate surface area is 113 Å². The summed E-state index contributed by atoms with van der Waals surface area (Å²) in [4.78, 5) is 29.5. The second-order valence-electron chi connectivity index (χ2n) is 3.69. The summed E-state index contributed by atoms with van der Waals surface area (Å²) in [7, 11) is 1.33. The lowest BCUT2D eigenvalue weighted by atomic mass is 10.4. The Kier molecular flexibility index (Phi) is 3.69. The SMILES string of the molecule is CCOC(=O)c1nn(-c2nc[nH]c(=O)c2OC)cc1N. The van der Waals surface area contributed by atoms with Crippen molar-refractivity contribution in [2.75, 3.05) is 19.5 Å². The number of rotatable bonds is 4. The van der Waals surface area contributed by atoms with Crippen LogP contribution in [0.2, 0.25) is 0 Å². The summed E-state index contributed by atoms with van der Waals surface area (Å²) in [5, 5.41) is 3.97. The van der Waals surface area contributed by atoms with E-state index in [2.05, 4.69) is 15.1 Å². The van der Waals surface area contributed by atoms with Crippen molar-refractivity contribution in [2.45, 2.75) is 6.92 Å². The maximum atomic E-state index is 11.6. The van der Waals surface area contributed by atoms with E-state index in [0.717, 1.165) is 0 Å². The predicted molar refractivity (Wildman–Crippen MR) is 68.9 cm³/mol. The number of H-pyrrole nitrogens is 1. The van der Waals surface area contributed by atoms with Gasteiger partial charge in [0.25, 0.3) is 5.56 Å². The van der Waals surface area contributed by atoms with Gasteiger partial charge in [0.05, 0.1) is 31.9 Å². The second kappa shape index (κ2) is 5.43. The molecule has 0 fully saturated rings. The van der Waals surface area contributed by atoms with Crippen molar-refractivity contribution in [2.24, 2.45) is 0 Å². The quantitative estimate of drug-likeness (QED) is 0.737. The van der Waals surface area contributed by atoms with Crippen LogP contribution in [0, 0.1) is 0 Å². The van der Waals surface area contributed by atoms with Gasteiger partial charge in [0, 0.05) is 0 Å². The van der Waals surface area contributed by atoms with Crippen molar-refractivity contribution in [3.8, 4) is 11.6 Å². The third-order valence-corrected chi connectivity index (χ3v) is 2.42. The minimum Gasteiger partial charge on any atom is -0.488 e. The fourth-order valence-corrected chi connectivity index (χ4v) is 1.58. The average molecular weight is 279 g/mol. The largest absolute Gasteiger partial charge is 0.488 e. The number of carbonyl (C=O) groups is 1. The molecule has 9 nitrogen and oxygen atoms in total. The van der Waals surface area contributed by atoms with Crippen molar-refractivity contribution in [1.29, 1.82) is 0 Å². The van der Waals surface area contributed by atoms with Crippen molar-refractivity contribution < 1.29 is 14.3 Å². The number of carbonyl (C=O) groups excluding carboxylic acids is 1. The van der Waals surface area contributed by atoms with E-state index in [4.69, 9.17) is 15.2 Å². The van der Waals surface area contributed by atoms with E-state index in [1.54, 1.807) is 6.92 Å². The highest BCUT2D eigenvalue weighted by Crippen LogP contribution is 2.18. The summed E-state index contributed by atoms with van der Waals surface area (Å²) in [5.74, 6) is -0.559. The Bertz CT molecular complexity index is 690. The first-order valence-electron chi connectivity index (χ1n) is 5.72. The Morgan fingerprint density at radius 2 is 2.30 bits per heavy atom. The van der Waals surface area contributed by atoms with Crippen molar-refractivity contribution in [1.82, 2.24) is 19.7 Å². The van der Waals surface area contributed by atoms with Crippen LogP contribution < -0.4 is 16.0 Å². The molecule has 0 aliphatic heterocycles. The molecule has 20 heavy (non-hydrogen) atoms. The van der Waals surface area contributed by atoms with Gasteiger partial charge in [0.2, 0.25) is 11.6 Å². The van der Waals surface area contributed by atoms with E-state index in [1.165, 1.54) is 24.3 Å². The zero-order valence-electron chi connectivity index (χ0n) is 10.9. The van der Waals surface area contributed by atoms with E-state index in [-0.39, 0.29) is 29.6 Å². The molecule has 0 spiro atoms. The molecule has 0 bridgehead atoms. The highest BCUT2D eigenvalue weighted by atomic mass is 16.5. The molecule has 0 saturated carbocycles. The number of nitrogens with two attached hydrogens (primary N) is 1. The van der Waals surface area contributed by atoms with Gasteiger partial charge in [-0.3, -0.25) is 4.79 Å². The topological polar surface area (TPSA) is 125 Å². The van der Waals surface area contributed by atoms with Gasteiger partial charge in [-0.15, -0.1) is 0 Å². The van der Waals surface area contributed by atoms with Gasteiger partial charge >= 0.3 is 5.97 Å². The molecule has 0 aliphatic carbocycles. The Morgan fingerprint density at radius 1 is 1.55 bits per heavy atom. The van der Waals surface area contributed by atoms with Gasteiger partial charge in [0.15, 0.2) is 5.69 Å². The van der Waals surface area contributed by atoms with Gasteiger partial charge in [-0.1, -0.05) is 0 Å². The summed E-state index contributed by atoms with van der Waals surface area (Å²) in [6.45, 7) is 1.88. The normalized spacial score (nSPS) is 10.3. The Balaban J connectivity index is 2.50. The Hall–Kier alpha value is -2.84. The fourth-order valence-electron chi connectivity index (χ4n) is 1.58. The number of hydrogen-bond donors (Lipinski definition) is 2. The molecular formula is C11H13N5O4. The number of nitrogens with zero attached hydrogens (tertiary/aromatic N) is 3. The van der Waals surface area contributed by atoms with Crippen LogP contribution >= 0.6 is 0 Å². The predicted octanol–water partition coefficient (Wildman–Crippen LogP) is -0.277. The average Bonchev–Trinajstić information content (AvgIpc) is 2.80. The molecular weight excluding hydrogens is 266 g/mol. The number of esters is 1. The summed E-state index contributed by atoms with van der Waals surface area (Å²) < 4.78 is 11.0. The highest BCUT2D eigenvalue weighted by molar-refractivity contribution is 5.92. The molecule has 106 valence electrons. The molecule has 2 aromatic heterocycles. The van der Waals surface area contributed by atoms with Gasteiger partial charge in [0.1, 0.15) is 0 Å². The lowest BCUT2D eigenvalue weighted by molar-refractivity contribution is 0.0520. The van der Waals surface area contributed by atoms with Crippen LogP contribution in [0.4, 0.5) is 5.69 Å². The van der Waals surface area contributed by atoms with Crippen LogP contribution in [0.1, 0.15) is 17.4 Å². The first-order chi connectivity index (χ1) is 9.58. The first kappa shape index (κ1) is 13.6. The van der Waals surface area contributed by atoms with E-state index in [1.807, 2.05) is 0 Å². The first-order valence-corrected chi connectivity index (χ1v) is 5.72. The summed E-state index contributed by atoms with van der Waals surface area (Å²) in [6.07, 6.45) is 2.55. The minimum atomic E-state index is -0.646. The molecule has 3 N–H and O–H groups in total. The molecule has 0 aromatic carbocycles. The van der Waals surface area contributed by atoms with Crippen molar-refractivity contribution in [3.05, 3.63) is 28.6 Å². The van der Waals surface area contributed by atoms with Gasteiger partial charge in [-0.2, -0.15) is 5.10 Å². The van der Waals surface area contributed by atoms with Crippen LogP contribution in [-0.2, 0) is 4.74 Å². The monoisotopic (exact) mass is 279 g/mol. The number of nitrogens with one attached hydrogen (secondary N) is 1. The second-order valence-corrected chi connectivity index (χ2v) is 3.69. The van der Waals surface area contributed by atoms with Crippen LogP contribution in [0.3, 0.4) is 0 Å². The standard InChI is InChI=1S/C11H13N5O4/c1-3-20-11(18)7-6(12)4-16(15-7)9-8(19-2)10(17)14-5-13-9/h4-5H,3,12H2,1-2H3,(H,13,14,17). The molecule has 9 heteroatoms. The molecule has 2 rings (SSSR count). The molecule has 2 heterocycles.